The van der Waals surface area contributed by atoms with Crippen LogP contribution in [0.5, 0.6) is 0 Å². The monoisotopic (exact) mass is 358 g/mol. The summed E-state index contributed by atoms with van der Waals surface area (Å²) in [6.45, 7) is -0.0720. The van der Waals surface area contributed by atoms with Crippen molar-refractivity contribution >= 4 is 23.6 Å². The molecular weight excluding hydrogens is 339 g/mol. The number of hydrogen-bond acceptors (Lipinski definition) is 3. The highest BCUT2D eigenvalue weighted by Gasteiger charge is 2.26. The normalized spacial score (nSPS) is 21.8. The highest BCUT2D eigenvalue weighted by molar-refractivity contribution is 6.30. The summed E-state index contributed by atoms with van der Waals surface area (Å²) in [6, 6.07) is 3.44. The van der Waals surface area contributed by atoms with Gasteiger partial charge in [0.2, 0.25) is 0 Å². The number of benzene rings is 1. The standard InChI is InChI=1S/C16H20ClFN2O4/c17-12-6-3-10(7-13(12)18)14(21)8-19-16(24)20-11-4-1-9(2-5-11)15(22)23/h3,6-7,9,11,14,21H,1-2,4-5,8H2,(H,22,23)(H2,19,20,24). The first-order chi connectivity index (χ1) is 11.4. The van der Waals surface area contributed by atoms with Crippen molar-refractivity contribution in [3.63, 3.8) is 0 Å². The first kappa shape index (κ1) is 18.5. The van der Waals surface area contributed by atoms with Crippen molar-refractivity contribution in [2.45, 2.75) is 37.8 Å². The molecule has 1 unspecified atom stereocenters. The summed E-state index contributed by atoms with van der Waals surface area (Å²) in [6.07, 6.45) is 1.23. The van der Waals surface area contributed by atoms with Gasteiger partial charge in [-0.25, -0.2) is 9.18 Å². The fourth-order valence-corrected chi connectivity index (χ4v) is 2.87. The summed E-state index contributed by atoms with van der Waals surface area (Å²) in [5, 5.41) is 24.2. The van der Waals surface area contributed by atoms with Crippen molar-refractivity contribution in [3.05, 3.63) is 34.6 Å². The molecule has 24 heavy (non-hydrogen) atoms. The number of aliphatic hydroxyl groups is 1. The average Bonchev–Trinajstić information content (AvgIpc) is 2.55. The Morgan fingerprint density at radius 3 is 2.54 bits per heavy atom. The molecule has 2 amide bonds. The van der Waals surface area contributed by atoms with E-state index < -0.39 is 23.9 Å². The van der Waals surface area contributed by atoms with Gasteiger partial charge in [0.25, 0.3) is 0 Å². The van der Waals surface area contributed by atoms with Crippen molar-refractivity contribution in [1.29, 1.82) is 0 Å². The van der Waals surface area contributed by atoms with Gasteiger partial charge in [-0.1, -0.05) is 17.7 Å². The first-order valence-corrected chi connectivity index (χ1v) is 8.14. The topological polar surface area (TPSA) is 98.7 Å². The number of aliphatic carboxylic acids is 1. The number of rotatable bonds is 5. The van der Waals surface area contributed by atoms with Crippen molar-refractivity contribution in [3.8, 4) is 0 Å². The Morgan fingerprint density at radius 1 is 1.29 bits per heavy atom. The second-order valence-corrected chi connectivity index (χ2v) is 6.34. The predicted molar refractivity (Wildman–Crippen MR) is 86.3 cm³/mol. The second kappa shape index (κ2) is 8.30. The van der Waals surface area contributed by atoms with Gasteiger partial charge in [0, 0.05) is 12.6 Å². The van der Waals surface area contributed by atoms with Gasteiger partial charge in [-0.05, 0) is 43.4 Å². The molecule has 4 N–H and O–H groups in total. The molecule has 1 aromatic rings. The van der Waals surface area contributed by atoms with E-state index in [0.717, 1.165) is 6.07 Å². The number of hydrogen-bond donors (Lipinski definition) is 4. The van der Waals surface area contributed by atoms with E-state index in [1.165, 1.54) is 12.1 Å². The molecule has 1 atom stereocenters. The van der Waals surface area contributed by atoms with E-state index in [9.17, 15) is 19.1 Å². The molecule has 132 valence electrons. The number of amides is 2. The molecule has 1 fully saturated rings. The summed E-state index contributed by atoms with van der Waals surface area (Å²) in [7, 11) is 0. The van der Waals surface area contributed by atoms with Crippen LogP contribution in [0, 0.1) is 11.7 Å². The van der Waals surface area contributed by atoms with Crippen LogP contribution in [0.15, 0.2) is 18.2 Å². The number of carboxylic acids is 1. The van der Waals surface area contributed by atoms with Crippen LogP contribution in [0.3, 0.4) is 0 Å². The van der Waals surface area contributed by atoms with Crippen molar-refractivity contribution < 1.29 is 24.2 Å². The molecule has 0 spiro atoms. The molecule has 2 rings (SSSR count). The third-order valence-electron chi connectivity index (χ3n) is 4.20. The smallest absolute Gasteiger partial charge is 0.315 e. The minimum absolute atomic E-state index is 0.0337. The van der Waals surface area contributed by atoms with E-state index in [0.29, 0.717) is 31.2 Å². The Bertz CT molecular complexity index is 606. The summed E-state index contributed by atoms with van der Waals surface area (Å²) in [4.78, 5) is 22.7. The molecule has 1 aliphatic carbocycles. The number of carbonyl (C=O) groups excluding carboxylic acids is 1. The molecule has 0 heterocycles. The zero-order valence-corrected chi connectivity index (χ0v) is 13.7. The van der Waals surface area contributed by atoms with Crippen molar-refractivity contribution in [1.82, 2.24) is 10.6 Å². The minimum atomic E-state index is -1.05. The van der Waals surface area contributed by atoms with Gasteiger partial charge in [0.05, 0.1) is 17.0 Å². The third kappa shape index (κ3) is 5.07. The van der Waals surface area contributed by atoms with Crippen LogP contribution >= 0.6 is 11.6 Å². The van der Waals surface area contributed by atoms with Gasteiger partial charge < -0.3 is 20.8 Å². The van der Waals surface area contributed by atoms with E-state index in [2.05, 4.69) is 10.6 Å². The maximum Gasteiger partial charge on any atom is 0.315 e. The lowest BCUT2D eigenvalue weighted by Crippen LogP contribution is -2.45. The SMILES string of the molecule is O=C(NCC(O)c1ccc(Cl)c(F)c1)NC1CCC(C(=O)O)CC1. The van der Waals surface area contributed by atoms with Crippen LogP contribution in [-0.2, 0) is 4.79 Å². The predicted octanol–water partition coefficient (Wildman–Crippen LogP) is 2.46. The van der Waals surface area contributed by atoms with Crippen LogP contribution < -0.4 is 10.6 Å². The van der Waals surface area contributed by atoms with E-state index >= 15 is 0 Å². The summed E-state index contributed by atoms with van der Waals surface area (Å²) in [5.74, 6) is -1.77. The van der Waals surface area contributed by atoms with Crippen molar-refractivity contribution in [2.75, 3.05) is 6.54 Å². The number of carbonyl (C=O) groups is 2. The average molecular weight is 359 g/mol. The second-order valence-electron chi connectivity index (χ2n) is 5.93. The number of aliphatic hydroxyl groups excluding tert-OH is 1. The van der Waals surface area contributed by atoms with Gasteiger partial charge in [-0.15, -0.1) is 0 Å². The zero-order chi connectivity index (χ0) is 17.7. The molecule has 6 nitrogen and oxygen atoms in total. The lowest BCUT2D eigenvalue weighted by molar-refractivity contribution is -0.142. The quantitative estimate of drug-likeness (QED) is 0.649. The van der Waals surface area contributed by atoms with E-state index in [-0.39, 0.29) is 23.5 Å². The first-order valence-electron chi connectivity index (χ1n) is 7.77. The molecule has 0 aliphatic heterocycles. The Kier molecular flexibility index (Phi) is 6.39. The summed E-state index contributed by atoms with van der Waals surface area (Å²) >= 11 is 5.58. The van der Waals surface area contributed by atoms with E-state index in [1.54, 1.807) is 0 Å². The molecule has 1 aliphatic rings. The number of nitrogens with one attached hydrogen (secondary N) is 2. The van der Waals surface area contributed by atoms with Gasteiger partial charge >= 0.3 is 12.0 Å². The van der Waals surface area contributed by atoms with Crippen LogP contribution in [0.1, 0.15) is 37.4 Å². The number of urea groups is 1. The van der Waals surface area contributed by atoms with E-state index in [4.69, 9.17) is 16.7 Å². The lowest BCUT2D eigenvalue weighted by atomic mass is 9.86. The molecule has 8 heteroatoms. The fraction of sp³-hybridized carbons (Fsp3) is 0.500. The van der Waals surface area contributed by atoms with E-state index in [1.807, 2.05) is 0 Å². The molecule has 0 radical (unpaired) electrons. The highest BCUT2D eigenvalue weighted by atomic mass is 35.5. The summed E-state index contributed by atoms with van der Waals surface area (Å²) in [5.41, 5.74) is 0.319. The molecule has 0 bridgehead atoms. The Labute approximate surface area is 144 Å². The van der Waals surface area contributed by atoms with Crippen molar-refractivity contribution in [2.24, 2.45) is 5.92 Å². The highest BCUT2D eigenvalue weighted by Crippen LogP contribution is 2.24. The van der Waals surface area contributed by atoms with Gasteiger partial charge in [0.1, 0.15) is 5.82 Å². The zero-order valence-electron chi connectivity index (χ0n) is 13.0. The van der Waals surface area contributed by atoms with Crippen LogP contribution in [0.25, 0.3) is 0 Å². The molecule has 1 saturated carbocycles. The molecule has 0 aromatic heterocycles. The van der Waals surface area contributed by atoms with Crippen LogP contribution in [-0.4, -0.2) is 34.8 Å². The number of carboxylic acid groups (broad SMARTS) is 1. The largest absolute Gasteiger partial charge is 0.481 e. The third-order valence-corrected chi connectivity index (χ3v) is 4.50. The minimum Gasteiger partial charge on any atom is -0.481 e. The Morgan fingerprint density at radius 2 is 1.96 bits per heavy atom. The Balaban J connectivity index is 1.75. The maximum absolute atomic E-state index is 13.4. The molecule has 1 aromatic carbocycles. The van der Waals surface area contributed by atoms with Crippen LogP contribution in [0.4, 0.5) is 9.18 Å². The van der Waals surface area contributed by atoms with Gasteiger partial charge in [-0.2, -0.15) is 0 Å². The van der Waals surface area contributed by atoms with Crippen LogP contribution in [0.2, 0.25) is 5.02 Å². The van der Waals surface area contributed by atoms with Gasteiger partial charge in [-0.3, -0.25) is 4.79 Å². The number of halogens is 2. The Hall–Kier alpha value is -1.86. The molecule has 0 saturated heterocycles. The summed E-state index contributed by atoms with van der Waals surface area (Å²) < 4.78 is 13.4. The van der Waals surface area contributed by atoms with Gasteiger partial charge in [0.15, 0.2) is 0 Å². The maximum atomic E-state index is 13.4. The molecular formula is C16H20ClFN2O4. The fourth-order valence-electron chi connectivity index (χ4n) is 2.75. The lowest BCUT2D eigenvalue weighted by Gasteiger charge is -2.27.